The first-order valence-electron chi connectivity index (χ1n) is 8.30. The Kier molecular flexibility index (Phi) is 4.35. The van der Waals surface area contributed by atoms with Gasteiger partial charge in [0, 0.05) is 11.1 Å². The molecule has 0 aliphatic heterocycles. The lowest BCUT2D eigenvalue weighted by Gasteiger charge is -2.06. The molecule has 0 fully saturated rings. The highest BCUT2D eigenvalue weighted by molar-refractivity contribution is 5.82. The average Bonchev–Trinajstić information content (AvgIpc) is 3.17. The van der Waals surface area contributed by atoms with Crippen LogP contribution in [0.3, 0.4) is 0 Å². The first kappa shape index (κ1) is 15.9. The Morgan fingerprint density at radius 2 is 1.50 bits per heavy atom. The zero-order chi connectivity index (χ0) is 17.8. The third-order valence-electron chi connectivity index (χ3n) is 4.15. The fourth-order valence-corrected chi connectivity index (χ4v) is 2.84. The van der Waals surface area contributed by atoms with Gasteiger partial charge in [-0.2, -0.15) is 4.80 Å². The second-order valence-electron chi connectivity index (χ2n) is 5.91. The van der Waals surface area contributed by atoms with E-state index >= 15 is 0 Å². The molecule has 0 atom stereocenters. The van der Waals surface area contributed by atoms with Crippen LogP contribution in [0.25, 0.3) is 22.5 Å². The summed E-state index contributed by atoms with van der Waals surface area (Å²) in [6, 6.07) is 25.4. The van der Waals surface area contributed by atoms with Gasteiger partial charge < -0.3 is 0 Å². The van der Waals surface area contributed by atoms with Crippen molar-refractivity contribution < 1.29 is 4.79 Å². The van der Waals surface area contributed by atoms with Crippen molar-refractivity contribution in [3.8, 4) is 22.5 Å². The van der Waals surface area contributed by atoms with Gasteiger partial charge in [0.1, 0.15) is 6.29 Å². The van der Waals surface area contributed by atoms with E-state index in [2.05, 4.69) is 15.4 Å². The molecule has 0 saturated heterocycles. The molecule has 0 unspecified atom stereocenters. The zero-order valence-electron chi connectivity index (χ0n) is 14.0. The van der Waals surface area contributed by atoms with Crippen LogP contribution in [0.2, 0.25) is 0 Å². The Morgan fingerprint density at radius 3 is 2.23 bits per heavy atom. The van der Waals surface area contributed by atoms with Crippen molar-refractivity contribution >= 4 is 6.29 Å². The van der Waals surface area contributed by atoms with E-state index in [0.29, 0.717) is 17.9 Å². The van der Waals surface area contributed by atoms with Crippen LogP contribution in [0.15, 0.2) is 78.9 Å². The van der Waals surface area contributed by atoms with Gasteiger partial charge in [-0.3, -0.25) is 4.79 Å². The molecule has 0 aliphatic rings. The number of carbonyl (C=O) groups is 1. The molecule has 5 heteroatoms. The van der Waals surface area contributed by atoms with E-state index in [-0.39, 0.29) is 0 Å². The lowest BCUT2D eigenvalue weighted by atomic mass is 9.98. The fraction of sp³-hybridized carbons (Fsp3) is 0.0476. The van der Waals surface area contributed by atoms with Crippen molar-refractivity contribution in [1.29, 1.82) is 0 Å². The van der Waals surface area contributed by atoms with Crippen LogP contribution in [0.5, 0.6) is 0 Å². The van der Waals surface area contributed by atoms with Crippen LogP contribution in [0.1, 0.15) is 15.9 Å². The lowest BCUT2D eigenvalue weighted by Crippen LogP contribution is -2.03. The number of hydrogen-bond acceptors (Lipinski definition) is 4. The topological polar surface area (TPSA) is 60.7 Å². The fourth-order valence-electron chi connectivity index (χ4n) is 2.84. The standard InChI is InChI=1S/C21H16N4O/c26-15-17-10-12-18(13-11-17)19-8-4-5-9-20(19)21-22-24-25(23-21)14-16-6-2-1-3-7-16/h1-13,15H,14H2. The Labute approximate surface area is 150 Å². The molecular weight excluding hydrogens is 324 g/mol. The molecule has 1 aromatic heterocycles. The van der Waals surface area contributed by atoms with Gasteiger partial charge in [-0.15, -0.1) is 10.2 Å². The Hall–Kier alpha value is -3.60. The molecule has 3 aromatic carbocycles. The highest BCUT2D eigenvalue weighted by Gasteiger charge is 2.12. The van der Waals surface area contributed by atoms with Crippen LogP contribution in [0, 0.1) is 0 Å². The van der Waals surface area contributed by atoms with E-state index in [1.54, 1.807) is 16.9 Å². The van der Waals surface area contributed by atoms with Gasteiger partial charge in [0.15, 0.2) is 0 Å². The van der Waals surface area contributed by atoms with Gasteiger partial charge in [-0.25, -0.2) is 0 Å². The summed E-state index contributed by atoms with van der Waals surface area (Å²) in [6.45, 7) is 0.573. The monoisotopic (exact) mass is 340 g/mol. The molecule has 0 amide bonds. The molecule has 0 bridgehead atoms. The Bertz CT molecular complexity index is 1020. The Morgan fingerprint density at radius 1 is 0.808 bits per heavy atom. The number of aldehydes is 1. The van der Waals surface area contributed by atoms with Crippen molar-refractivity contribution in [2.75, 3.05) is 0 Å². The molecule has 1 heterocycles. The van der Waals surface area contributed by atoms with E-state index in [0.717, 1.165) is 28.5 Å². The summed E-state index contributed by atoms with van der Waals surface area (Å²) in [7, 11) is 0. The summed E-state index contributed by atoms with van der Waals surface area (Å²) in [4.78, 5) is 12.5. The molecule has 4 rings (SSSR count). The van der Waals surface area contributed by atoms with E-state index in [9.17, 15) is 4.79 Å². The average molecular weight is 340 g/mol. The SMILES string of the molecule is O=Cc1ccc(-c2ccccc2-c2nnn(Cc3ccccc3)n2)cc1. The van der Waals surface area contributed by atoms with Crippen molar-refractivity contribution in [1.82, 2.24) is 20.2 Å². The predicted octanol–water partition coefficient (Wildman–Crippen LogP) is 3.87. The maximum absolute atomic E-state index is 10.9. The first-order chi connectivity index (χ1) is 12.8. The maximum Gasteiger partial charge on any atom is 0.205 e. The van der Waals surface area contributed by atoms with Crippen LogP contribution >= 0.6 is 0 Å². The largest absolute Gasteiger partial charge is 0.298 e. The van der Waals surface area contributed by atoms with E-state index in [4.69, 9.17) is 0 Å². The number of rotatable bonds is 5. The minimum absolute atomic E-state index is 0.573. The van der Waals surface area contributed by atoms with Gasteiger partial charge in [-0.05, 0) is 21.9 Å². The molecule has 5 nitrogen and oxygen atoms in total. The number of tetrazole rings is 1. The van der Waals surface area contributed by atoms with Gasteiger partial charge in [0.25, 0.3) is 0 Å². The van der Waals surface area contributed by atoms with Gasteiger partial charge in [-0.1, -0.05) is 78.9 Å². The minimum atomic E-state index is 0.573. The van der Waals surface area contributed by atoms with Crippen LogP contribution in [-0.4, -0.2) is 26.5 Å². The van der Waals surface area contributed by atoms with Crippen molar-refractivity contribution in [2.24, 2.45) is 0 Å². The third-order valence-corrected chi connectivity index (χ3v) is 4.15. The molecule has 126 valence electrons. The molecular formula is C21H16N4O. The van der Waals surface area contributed by atoms with Gasteiger partial charge in [0.2, 0.25) is 5.82 Å². The van der Waals surface area contributed by atoms with Gasteiger partial charge in [0.05, 0.1) is 6.54 Å². The smallest absolute Gasteiger partial charge is 0.205 e. The Balaban J connectivity index is 1.67. The molecule has 0 radical (unpaired) electrons. The molecule has 4 aromatic rings. The predicted molar refractivity (Wildman–Crippen MR) is 99.6 cm³/mol. The number of hydrogen-bond donors (Lipinski definition) is 0. The van der Waals surface area contributed by atoms with Crippen LogP contribution in [0.4, 0.5) is 0 Å². The van der Waals surface area contributed by atoms with E-state index in [1.165, 1.54) is 0 Å². The highest BCUT2D eigenvalue weighted by Crippen LogP contribution is 2.29. The number of carbonyl (C=O) groups excluding carboxylic acids is 1. The molecule has 0 aliphatic carbocycles. The molecule has 0 saturated carbocycles. The summed E-state index contributed by atoms with van der Waals surface area (Å²) in [5.41, 5.74) is 4.69. The van der Waals surface area contributed by atoms with Crippen molar-refractivity contribution in [2.45, 2.75) is 6.54 Å². The minimum Gasteiger partial charge on any atom is -0.298 e. The van der Waals surface area contributed by atoms with E-state index in [1.807, 2.05) is 66.7 Å². The van der Waals surface area contributed by atoms with E-state index < -0.39 is 0 Å². The first-order valence-corrected chi connectivity index (χ1v) is 8.30. The van der Waals surface area contributed by atoms with Gasteiger partial charge >= 0.3 is 0 Å². The summed E-state index contributed by atoms with van der Waals surface area (Å²) in [5.74, 6) is 0.580. The highest BCUT2D eigenvalue weighted by atomic mass is 16.1. The quantitative estimate of drug-likeness (QED) is 0.518. The molecule has 0 spiro atoms. The summed E-state index contributed by atoms with van der Waals surface area (Å²) in [6.07, 6.45) is 0.840. The zero-order valence-corrected chi connectivity index (χ0v) is 14.0. The second-order valence-corrected chi connectivity index (χ2v) is 5.91. The lowest BCUT2D eigenvalue weighted by molar-refractivity contribution is 0.112. The summed E-state index contributed by atoms with van der Waals surface area (Å²) < 4.78 is 0. The number of benzene rings is 3. The van der Waals surface area contributed by atoms with Crippen LogP contribution in [-0.2, 0) is 6.54 Å². The molecule has 26 heavy (non-hydrogen) atoms. The second kappa shape index (κ2) is 7.11. The summed E-state index contributed by atoms with van der Waals surface area (Å²) in [5, 5.41) is 12.9. The number of nitrogens with zero attached hydrogens (tertiary/aromatic N) is 4. The van der Waals surface area contributed by atoms with Crippen LogP contribution < -0.4 is 0 Å². The normalized spacial score (nSPS) is 10.6. The molecule has 0 N–H and O–H groups in total. The van der Waals surface area contributed by atoms with Crippen molar-refractivity contribution in [3.05, 3.63) is 90.0 Å². The van der Waals surface area contributed by atoms with Crippen molar-refractivity contribution in [3.63, 3.8) is 0 Å². The number of aromatic nitrogens is 4. The summed E-state index contributed by atoms with van der Waals surface area (Å²) >= 11 is 0. The third kappa shape index (κ3) is 3.28. The maximum atomic E-state index is 10.9.